The van der Waals surface area contributed by atoms with Gasteiger partial charge in [0.1, 0.15) is 5.56 Å². The predicted molar refractivity (Wildman–Crippen MR) is 58.1 cm³/mol. The van der Waals surface area contributed by atoms with Crippen LogP contribution >= 0.6 is 0 Å². The van der Waals surface area contributed by atoms with E-state index in [0.29, 0.717) is 17.8 Å². The van der Waals surface area contributed by atoms with Crippen molar-refractivity contribution in [2.24, 2.45) is 0 Å². The van der Waals surface area contributed by atoms with Gasteiger partial charge in [0.2, 0.25) is 5.95 Å². The van der Waals surface area contributed by atoms with Crippen molar-refractivity contribution in [3.05, 3.63) is 23.4 Å². The Morgan fingerprint density at radius 3 is 3.00 bits per heavy atom. The molecule has 2 rings (SSSR count). The molecule has 0 aliphatic heterocycles. The van der Waals surface area contributed by atoms with Gasteiger partial charge in [-0.3, -0.25) is 0 Å². The third kappa shape index (κ3) is 1.58. The average Bonchev–Trinajstić information content (AvgIpc) is 2.61. The molecule has 0 saturated heterocycles. The maximum absolute atomic E-state index is 11.6. The van der Waals surface area contributed by atoms with Gasteiger partial charge in [0, 0.05) is 5.69 Å². The predicted octanol–water partition coefficient (Wildman–Crippen LogP) is 0.797. The van der Waals surface area contributed by atoms with Crippen LogP contribution in [0.15, 0.2) is 12.1 Å². The number of ether oxygens (including phenoxy) is 1. The molecule has 2 heterocycles. The number of rotatable bonds is 2. The molecule has 0 unspecified atom stereocenters. The third-order valence-electron chi connectivity index (χ3n) is 2.19. The summed E-state index contributed by atoms with van der Waals surface area (Å²) in [6.07, 6.45) is 0. The van der Waals surface area contributed by atoms with Crippen molar-refractivity contribution < 1.29 is 9.53 Å². The number of anilines is 1. The number of hydrogen-bond donors (Lipinski definition) is 1. The Bertz CT molecular complexity index is 547. The van der Waals surface area contributed by atoms with Gasteiger partial charge in [0.15, 0.2) is 5.65 Å². The van der Waals surface area contributed by atoms with E-state index in [1.54, 1.807) is 19.1 Å². The monoisotopic (exact) mass is 220 g/mol. The zero-order valence-corrected chi connectivity index (χ0v) is 9.10. The van der Waals surface area contributed by atoms with E-state index in [-0.39, 0.29) is 5.95 Å². The summed E-state index contributed by atoms with van der Waals surface area (Å²) in [6, 6.07) is 3.43. The lowest BCUT2D eigenvalue weighted by Crippen LogP contribution is -2.08. The van der Waals surface area contributed by atoms with Gasteiger partial charge in [-0.2, -0.15) is 4.98 Å². The summed E-state index contributed by atoms with van der Waals surface area (Å²) in [5.41, 5.74) is 7.16. The highest BCUT2D eigenvalue weighted by Gasteiger charge is 2.15. The van der Waals surface area contributed by atoms with E-state index in [0.717, 1.165) is 5.69 Å². The Kier molecular flexibility index (Phi) is 2.47. The first kappa shape index (κ1) is 10.4. The minimum absolute atomic E-state index is 0.139. The standard InChI is InChI=1S/C10H12N4O2/c1-3-16-9(15)7-5-4-6(2)14-8(7)12-10(11)13-14/h4-5H,3H2,1-2H3,(H2,11,13). The van der Waals surface area contributed by atoms with Crippen LogP contribution in [0.2, 0.25) is 0 Å². The molecule has 84 valence electrons. The lowest BCUT2D eigenvalue weighted by Gasteiger charge is -2.04. The molecular formula is C10H12N4O2. The van der Waals surface area contributed by atoms with Crippen LogP contribution in [0, 0.1) is 6.92 Å². The van der Waals surface area contributed by atoms with Gasteiger partial charge in [0.25, 0.3) is 0 Å². The van der Waals surface area contributed by atoms with E-state index in [4.69, 9.17) is 10.5 Å². The topological polar surface area (TPSA) is 82.5 Å². The highest BCUT2D eigenvalue weighted by atomic mass is 16.5. The minimum Gasteiger partial charge on any atom is -0.462 e. The molecule has 0 bridgehead atoms. The van der Waals surface area contributed by atoms with Crippen molar-refractivity contribution in [1.82, 2.24) is 14.6 Å². The number of hydrogen-bond acceptors (Lipinski definition) is 5. The Balaban J connectivity index is 2.62. The molecule has 0 saturated carbocycles. The van der Waals surface area contributed by atoms with Crippen molar-refractivity contribution in [3.8, 4) is 0 Å². The number of carbonyl (C=O) groups is 1. The molecule has 0 aromatic carbocycles. The first-order chi connectivity index (χ1) is 7.63. The summed E-state index contributed by atoms with van der Waals surface area (Å²) < 4.78 is 6.45. The molecule has 0 atom stereocenters. The second kappa shape index (κ2) is 3.80. The summed E-state index contributed by atoms with van der Waals surface area (Å²) in [6.45, 7) is 3.93. The smallest absolute Gasteiger partial charge is 0.341 e. The number of carbonyl (C=O) groups excluding carboxylic acids is 1. The molecule has 0 aliphatic carbocycles. The molecule has 0 spiro atoms. The Morgan fingerprint density at radius 2 is 2.31 bits per heavy atom. The first-order valence-corrected chi connectivity index (χ1v) is 4.92. The normalized spacial score (nSPS) is 10.6. The van der Waals surface area contributed by atoms with Gasteiger partial charge in [-0.25, -0.2) is 9.31 Å². The molecule has 2 aromatic rings. The molecule has 16 heavy (non-hydrogen) atoms. The van der Waals surface area contributed by atoms with Crippen LogP contribution in [0.5, 0.6) is 0 Å². The van der Waals surface area contributed by atoms with E-state index in [2.05, 4.69) is 10.1 Å². The lowest BCUT2D eigenvalue weighted by atomic mass is 10.2. The van der Waals surface area contributed by atoms with E-state index >= 15 is 0 Å². The van der Waals surface area contributed by atoms with Gasteiger partial charge < -0.3 is 10.5 Å². The van der Waals surface area contributed by atoms with Crippen LogP contribution in [0.3, 0.4) is 0 Å². The third-order valence-corrected chi connectivity index (χ3v) is 2.19. The summed E-state index contributed by atoms with van der Waals surface area (Å²) in [4.78, 5) is 15.6. The number of fused-ring (bicyclic) bond motifs is 1. The van der Waals surface area contributed by atoms with Crippen molar-refractivity contribution in [1.29, 1.82) is 0 Å². The van der Waals surface area contributed by atoms with Crippen LogP contribution in [-0.2, 0) is 4.74 Å². The van der Waals surface area contributed by atoms with Gasteiger partial charge in [-0.1, -0.05) is 0 Å². The van der Waals surface area contributed by atoms with E-state index < -0.39 is 5.97 Å². The molecule has 0 fully saturated rings. The summed E-state index contributed by atoms with van der Waals surface area (Å²) in [7, 11) is 0. The van der Waals surface area contributed by atoms with Gasteiger partial charge in [-0.05, 0) is 26.0 Å². The van der Waals surface area contributed by atoms with Crippen LogP contribution in [0.1, 0.15) is 23.0 Å². The molecule has 0 radical (unpaired) electrons. The number of nitrogens with two attached hydrogens (primary N) is 1. The summed E-state index contributed by atoms with van der Waals surface area (Å²) >= 11 is 0. The number of pyridine rings is 1. The zero-order chi connectivity index (χ0) is 11.7. The summed E-state index contributed by atoms with van der Waals surface area (Å²) in [5, 5.41) is 3.99. The van der Waals surface area contributed by atoms with Crippen LogP contribution < -0.4 is 5.73 Å². The second-order valence-electron chi connectivity index (χ2n) is 3.31. The SMILES string of the molecule is CCOC(=O)c1ccc(C)n2nc(N)nc12. The van der Waals surface area contributed by atoms with Gasteiger partial charge >= 0.3 is 5.97 Å². The molecule has 6 heteroatoms. The molecule has 2 N–H and O–H groups in total. The number of esters is 1. The van der Waals surface area contributed by atoms with Gasteiger partial charge in [-0.15, -0.1) is 5.10 Å². The molecule has 0 aliphatic rings. The fraction of sp³-hybridized carbons (Fsp3) is 0.300. The molecule has 6 nitrogen and oxygen atoms in total. The average molecular weight is 220 g/mol. The van der Waals surface area contributed by atoms with Crippen molar-refractivity contribution >= 4 is 17.6 Å². The van der Waals surface area contributed by atoms with Crippen LogP contribution in [0.4, 0.5) is 5.95 Å². The van der Waals surface area contributed by atoms with E-state index in [1.807, 2.05) is 6.92 Å². The maximum Gasteiger partial charge on any atom is 0.341 e. The van der Waals surface area contributed by atoms with Crippen LogP contribution in [-0.4, -0.2) is 27.2 Å². The zero-order valence-electron chi connectivity index (χ0n) is 9.10. The van der Waals surface area contributed by atoms with Crippen molar-refractivity contribution in [2.45, 2.75) is 13.8 Å². The highest BCUT2D eigenvalue weighted by molar-refractivity contribution is 5.95. The number of aryl methyl sites for hydroxylation is 1. The Morgan fingerprint density at radius 1 is 1.56 bits per heavy atom. The maximum atomic E-state index is 11.6. The Labute approximate surface area is 92.0 Å². The molecular weight excluding hydrogens is 208 g/mol. The second-order valence-corrected chi connectivity index (χ2v) is 3.31. The van der Waals surface area contributed by atoms with Crippen molar-refractivity contribution in [2.75, 3.05) is 12.3 Å². The van der Waals surface area contributed by atoms with Crippen molar-refractivity contribution in [3.63, 3.8) is 0 Å². The largest absolute Gasteiger partial charge is 0.462 e. The number of nitrogens with zero attached hydrogens (tertiary/aromatic N) is 3. The highest BCUT2D eigenvalue weighted by Crippen LogP contribution is 2.13. The first-order valence-electron chi connectivity index (χ1n) is 4.92. The Hall–Kier alpha value is -2.11. The fourth-order valence-electron chi connectivity index (χ4n) is 1.47. The van der Waals surface area contributed by atoms with Crippen LogP contribution in [0.25, 0.3) is 5.65 Å². The fourth-order valence-corrected chi connectivity index (χ4v) is 1.47. The number of nitrogen functional groups attached to an aromatic ring is 1. The quantitative estimate of drug-likeness (QED) is 0.757. The van der Waals surface area contributed by atoms with Gasteiger partial charge in [0.05, 0.1) is 6.61 Å². The minimum atomic E-state index is -0.417. The lowest BCUT2D eigenvalue weighted by molar-refractivity contribution is 0.0528. The van der Waals surface area contributed by atoms with E-state index in [1.165, 1.54) is 4.52 Å². The summed E-state index contributed by atoms with van der Waals surface area (Å²) in [5.74, 6) is -0.278. The molecule has 2 aromatic heterocycles. The number of aromatic nitrogens is 3. The van der Waals surface area contributed by atoms with E-state index in [9.17, 15) is 4.79 Å². The molecule has 0 amide bonds.